The van der Waals surface area contributed by atoms with Crippen molar-refractivity contribution in [2.45, 2.75) is 46.8 Å². The van der Waals surface area contributed by atoms with Gasteiger partial charge >= 0.3 is 6.03 Å². The normalized spacial score (nSPS) is 11.9. The van der Waals surface area contributed by atoms with Crippen molar-refractivity contribution in [3.63, 3.8) is 0 Å². The Morgan fingerprint density at radius 1 is 0.889 bits per heavy atom. The van der Waals surface area contributed by atoms with Crippen molar-refractivity contribution in [2.24, 2.45) is 5.41 Å². The summed E-state index contributed by atoms with van der Waals surface area (Å²) >= 11 is 0. The zero-order chi connectivity index (χ0) is 26.3. The van der Waals surface area contributed by atoms with Gasteiger partial charge in [0.1, 0.15) is 0 Å². The van der Waals surface area contributed by atoms with Gasteiger partial charge in [0, 0.05) is 44.0 Å². The van der Waals surface area contributed by atoms with Gasteiger partial charge in [-0.25, -0.2) is 4.79 Å². The lowest BCUT2D eigenvalue weighted by Crippen LogP contribution is -2.41. The summed E-state index contributed by atoms with van der Waals surface area (Å²) in [6, 6.07) is 25.3. The Balaban J connectivity index is 1.86. The van der Waals surface area contributed by atoms with Crippen LogP contribution in [0, 0.1) is 5.41 Å². The number of benzene rings is 3. The fourth-order valence-electron chi connectivity index (χ4n) is 4.09. The summed E-state index contributed by atoms with van der Waals surface area (Å²) in [4.78, 5) is 30.1. The van der Waals surface area contributed by atoms with Gasteiger partial charge in [-0.05, 0) is 41.8 Å². The predicted molar refractivity (Wildman–Crippen MR) is 148 cm³/mol. The van der Waals surface area contributed by atoms with Gasteiger partial charge in [0.15, 0.2) is 0 Å². The third kappa shape index (κ3) is 7.11. The van der Waals surface area contributed by atoms with Crippen LogP contribution in [0.5, 0.6) is 0 Å². The van der Waals surface area contributed by atoms with E-state index in [9.17, 15) is 9.59 Å². The van der Waals surface area contributed by atoms with Gasteiger partial charge in [-0.15, -0.1) is 0 Å². The van der Waals surface area contributed by atoms with Crippen LogP contribution < -0.4 is 15.5 Å². The Kier molecular flexibility index (Phi) is 8.75. The molecule has 0 spiro atoms. The van der Waals surface area contributed by atoms with Crippen LogP contribution in [0.2, 0.25) is 0 Å². The highest BCUT2D eigenvalue weighted by Gasteiger charge is 2.31. The molecule has 0 aliphatic carbocycles. The van der Waals surface area contributed by atoms with Crippen LogP contribution in [0.3, 0.4) is 0 Å². The first kappa shape index (κ1) is 26.8. The highest BCUT2D eigenvalue weighted by atomic mass is 16.2. The lowest BCUT2D eigenvalue weighted by molar-refractivity contribution is -0.142. The van der Waals surface area contributed by atoms with Gasteiger partial charge in [-0.3, -0.25) is 4.79 Å². The van der Waals surface area contributed by atoms with Crippen LogP contribution in [0.1, 0.15) is 50.4 Å². The van der Waals surface area contributed by atoms with E-state index < -0.39 is 5.41 Å². The summed E-state index contributed by atoms with van der Waals surface area (Å²) in [5, 5.41) is 5.84. The van der Waals surface area contributed by atoms with Gasteiger partial charge in [0.2, 0.25) is 5.91 Å². The molecule has 0 aliphatic heterocycles. The van der Waals surface area contributed by atoms with Gasteiger partial charge < -0.3 is 20.4 Å². The summed E-state index contributed by atoms with van der Waals surface area (Å²) in [6.07, 6.45) is 0. The highest BCUT2D eigenvalue weighted by molar-refractivity contribution is 5.89. The van der Waals surface area contributed by atoms with Crippen molar-refractivity contribution in [3.05, 3.63) is 95.6 Å². The molecule has 0 saturated heterocycles. The van der Waals surface area contributed by atoms with Crippen molar-refractivity contribution >= 4 is 23.3 Å². The molecule has 2 N–H and O–H groups in total. The molecule has 190 valence electrons. The summed E-state index contributed by atoms with van der Waals surface area (Å²) in [5.74, 6) is 0.0718. The highest BCUT2D eigenvalue weighted by Crippen LogP contribution is 2.32. The van der Waals surface area contributed by atoms with Crippen LogP contribution in [-0.2, 0) is 17.9 Å². The fraction of sp³-hybridized carbons (Fsp3) is 0.333. The first-order valence-corrected chi connectivity index (χ1v) is 12.3. The maximum Gasteiger partial charge on any atom is 0.319 e. The van der Waals surface area contributed by atoms with Gasteiger partial charge in [-0.2, -0.15) is 0 Å². The maximum atomic E-state index is 13.6. The number of urea groups is 1. The predicted octanol–water partition coefficient (Wildman–Crippen LogP) is 6.21. The molecule has 3 aromatic carbocycles. The quantitative estimate of drug-likeness (QED) is 0.398. The van der Waals surface area contributed by atoms with Gasteiger partial charge in [0.25, 0.3) is 0 Å². The van der Waals surface area contributed by atoms with E-state index in [0.29, 0.717) is 18.8 Å². The topological polar surface area (TPSA) is 64.7 Å². The minimum absolute atomic E-state index is 0.0718. The molecular formula is C30H38N4O2. The maximum absolute atomic E-state index is 13.6. The van der Waals surface area contributed by atoms with E-state index in [1.165, 1.54) is 0 Å². The number of rotatable bonds is 8. The van der Waals surface area contributed by atoms with Gasteiger partial charge in [-0.1, -0.05) is 81.4 Å². The summed E-state index contributed by atoms with van der Waals surface area (Å²) in [5.41, 5.74) is 4.21. The minimum Gasteiger partial charge on any atom is -0.377 e. The Labute approximate surface area is 215 Å². The lowest BCUT2D eigenvalue weighted by Gasteiger charge is -2.35. The molecule has 3 rings (SSSR count). The molecule has 0 fully saturated rings. The average Bonchev–Trinajstić information content (AvgIpc) is 2.86. The van der Waals surface area contributed by atoms with E-state index in [1.807, 2.05) is 111 Å². The lowest BCUT2D eigenvalue weighted by atomic mass is 9.92. The molecule has 36 heavy (non-hydrogen) atoms. The fourth-order valence-corrected chi connectivity index (χ4v) is 4.09. The third-order valence-electron chi connectivity index (χ3n) is 6.11. The standard InChI is InChI=1S/C30H38N4O2/c1-22(24-15-11-8-12-16-24)34(28(35)30(2,3)4)21-25-19-26(17-18-27(25)33(5)6)32-29(36)31-20-23-13-9-7-10-14-23/h7-19,22H,20-21H2,1-6H3,(H2,31,32,36). The number of hydrogen-bond acceptors (Lipinski definition) is 3. The number of anilines is 2. The number of carbonyl (C=O) groups is 2. The van der Waals surface area contributed by atoms with Crippen LogP contribution in [-0.4, -0.2) is 30.9 Å². The summed E-state index contributed by atoms with van der Waals surface area (Å²) in [7, 11) is 3.96. The Morgan fingerprint density at radius 2 is 1.50 bits per heavy atom. The molecule has 0 radical (unpaired) electrons. The molecule has 1 atom stereocenters. The van der Waals surface area contributed by atoms with E-state index in [-0.39, 0.29) is 18.0 Å². The van der Waals surface area contributed by atoms with E-state index in [2.05, 4.69) is 29.7 Å². The molecule has 0 saturated carbocycles. The number of carbonyl (C=O) groups excluding carboxylic acids is 2. The summed E-state index contributed by atoms with van der Waals surface area (Å²) in [6.45, 7) is 8.76. The molecule has 6 heteroatoms. The van der Waals surface area contributed by atoms with Crippen LogP contribution in [0.25, 0.3) is 0 Å². The first-order valence-electron chi connectivity index (χ1n) is 12.3. The average molecular weight is 487 g/mol. The van der Waals surface area contributed by atoms with Crippen LogP contribution >= 0.6 is 0 Å². The number of amides is 3. The van der Waals surface area contributed by atoms with E-state index in [4.69, 9.17) is 0 Å². The number of nitrogens with one attached hydrogen (secondary N) is 2. The van der Waals surface area contributed by atoms with Crippen molar-refractivity contribution < 1.29 is 9.59 Å². The summed E-state index contributed by atoms with van der Waals surface area (Å²) < 4.78 is 0. The van der Waals surface area contributed by atoms with Crippen molar-refractivity contribution in [2.75, 3.05) is 24.3 Å². The molecule has 1 unspecified atom stereocenters. The molecule has 0 bridgehead atoms. The zero-order valence-electron chi connectivity index (χ0n) is 22.2. The zero-order valence-corrected chi connectivity index (χ0v) is 22.2. The van der Waals surface area contributed by atoms with Crippen molar-refractivity contribution in [3.8, 4) is 0 Å². The van der Waals surface area contributed by atoms with E-state index >= 15 is 0 Å². The largest absolute Gasteiger partial charge is 0.377 e. The minimum atomic E-state index is -0.533. The second kappa shape index (κ2) is 11.8. The van der Waals surface area contributed by atoms with Crippen LogP contribution in [0.15, 0.2) is 78.9 Å². The Hall–Kier alpha value is -3.80. The van der Waals surface area contributed by atoms with Crippen molar-refractivity contribution in [1.82, 2.24) is 10.2 Å². The smallest absolute Gasteiger partial charge is 0.319 e. The molecule has 3 aromatic rings. The number of nitrogens with zero attached hydrogens (tertiary/aromatic N) is 2. The monoisotopic (exact) mass is 486 g/mol. The Morgan fingerprint density at radius 3 is 2.08 bits per heavy atom. The van der Waals surface area contributed by atoms with Crippen LogP contribution in [0.4, 0.5) is 16.2 Å². The Bertz CT molecular complexity index is 1150. The number of hydrogen-bond donors (Lipinski definition) is 2. The van der Waals surface area contributed by atoms with Crippen molar-refractivity contribution in [1.29, 1.82) is 0 Å². The van der Waals surface area contributed by atoms with E-state index in [0.717, 1.165) is 22.4 Å². The molecule has 0 aromatic heterocycles. The van der Waals surface area contributed by atoms with E-state index in [1.54, 1.807) is 0 Å². The molecular weight excluding hydrogens is 448 g/mol. The molecule has 6 nitrogen and oxygen atoms in total. The molecule has 0 aliphatic rings. The molecule has 0 heterocycles. The SMILES string of the molecule is CC(c1ccccc1)N(Cc1cc(NC(=O)NCc2ccccc2)ccc1N(C)C)C(=O)C(C)(C)C. The van der Waals surface area contributed by atoms with Gasteiger partial charge in [0.05, 0.1) is 6.04 Å². The molecule has 3 amide bonds. The first-order chi connectivity index (χ1) is 17.1. The second-order valence-corrected chi connectivity index (χ2v) is 10.3. The third-order valence-corrected chi connectivity index (χ3v) is 6.11. The second-order valence-electron chi connectivity index (χ2n) is 10.3.